The summed E-state index contributed by atoms with van der Waals surface area (Å²) in [6.45, 7) is 15.5. The topological polar surface area (TPSA) is 45.5 Å². The lowest BCUT2D eigenvalue weighted by Gasteiger charge is -2.26. The van der Waals surface area contributed by atoms with E-state index in [-0.39, 0.29) is 5.82 Å². The van der Waals surface area contributed by atoms with Gasteiger partial charge in [0.2, 0.25) is 0 Å². The third-order valence-electron chi connectivity index (χ3n) is 5.27. The maximum absolute atomic E-state index is 14.4. The quantitative estimate of drug-likeness (QED) is 0.602. The SMILES string of the molecule is CC.CC.CCc1ccc(F)c(-c2cnn3ccc(CCCN4CCNCC4)nc23)c1. The second-order valence-electron chi connectivity index (χ2n) is 7.11. The second-order valence-corrected chi connectivity index (χ2v) is 7.11. The number of hydrogen-bond donors (Lipinski definition) is 1. The largest absolute Gasteiger partial charge is 0.314 e. The summed E-state index contributed by atoms with van der Waals surface area (Å²) >= 11 is 0. The molecule has 0 spiro atoms. The smallest absolute Gasteiger partial charge is 0.163 e. The first-order chi connectivity index (χ1) is 15.2. The maximum Gasteiger partial charge on any atom is 0.163 e. The lowest BCUT2D eigenvalue weighted by Crippen LogP contribution is -2.43. The molecule has 1 aromatic carbocycles. The molecule has 0 atom stereocenters. The molecule has 0 bridgehead atoms. The minimum atomic E-state index is -0.229. The Hall–Kier alpha value is -2.31. The van der Waals surface area contributed by atoms with E-state index >= 15 is 0 Å². The van der Waals surface area contributed by atoms with Crippen LogP contribution in [0.25, 0.3) is 16.8 Å². The zero-order valence-corrected chi connectivity index (χ0v) is 19.8. The van der Waals surface area contributed by atoms with Gasteiger partial charge in [0, 0.05) is 49.2 Å². The van der Waals surface area contributed by atoms with E-state index in [0.29, 0.717) is 5.56 Å². The third-order valence-corrected chi connectivity index (χ3v) is 5.27. The van der Waals surface area contributed by atoms with Gasteiger partial charge in [-0.1, -0.05) is 40.7 Å². The van der Waals surface area contributed by atoms with Crippen LogP contribution >= 0.6 is 0 Å². The average molecular weight is 428 g/mol. The van der Waals surface area contributed by atoms with Crippen LogP contribution in [0.4, 0.5) is 4.39 Å². The van der Waals surface area contributed by atoms with Crippen molar-refractivity contribution in [1.82, 2.24) is 24.8 Å². The van der Waals surface area contributed by atoms with Gasteiger partial charge in [-0.15, -0.1) is 0 Å². The van der Waals surface area contributed by atoms with Gasteiger partial charge >= 0.3 is 0 Å². The van der Waals surface area contributed by atoms with E-state index in [1.807, 2.05) is 52.1 Å². The molecule has 3 aromatic rings. The Labute approximate surface area is 186 Å². The zero-order valence-electron chi connectivity index (χ0n) is 19.8. The minimum absolute atomic E-state index is 0.229. The Bertz CT molecular complexity index is 915. The molecule has 1 aliphatic rings. The summed E-state index contributed by atoms with van der Waals surface area (Å²) in [5.41, 5.74) is 4.20. The molecule has 1 N–H and O–H groups in total. The van der Waals surface area contributed by atoms with Gasteiger partial charge < -0.3 is 10.2 Å². The summed E-state index contributed by atoms with van der Waals surface area (Å²) in [7, 11) is 0. The first kappa shape index (κ1) is 25.0. The van der Waals surface area contributed by atoms with Gasteiger partial charge in [0.25, 0.3) is 0 Å². The summed E-state index contributed by atoms with van der Waals surface area (Å²) in [5, 5.41) is 7.74. The predicted molar refractivity (Wildman–Crippen MR) is 128 cm³/mol. The molecule has 1 aliphatic heterocycles. The van der Waals surface area contributed by atoms with Crippen molar-refractivity contribution in [3.05, 3.63) is 53.7 Å². The number of nitrogens with zero attached hydrogens (tertiary/aromatic N) is 4. The number of rotatable bonds is 6. The molecule has 1 saturated heterocycles. The lowest BCUT2D eigenvalue weighted by molar-refractivity contribution is 0.238. The Morgan fingerprint density at radius 1 is 1.03 bits per heavy atom. The third kappa shape index (κ3) is 6.58. The Balaban J connectivity index is 0.000000807. The second kappa shape index (κ2) is 13.2. The van der Waals surface area contributed by atoms with E-state index < -0.39 is 0 Å². The van der Waals surface area contributed by atoms with Crippen molar-refractivity contribution in [2.45, 2.75) is 53.9 Å². The summed E-state index contributed by atoms with van der Waals surface area (Å²) in [6.07, 6.45) is 6.50. The number of piperazine rings is 1. The number of aryl methyl sites for hydroxylation is 2. The van der Waals surface area contributed by atoms with Crippen LogP contribution in [-0.4, -0.2) is 52.2 Å². The van der Waals surface area contributed by atoms with Gasteiger partial charge in [-0.2, -0.15) is 5.10 Å². The molecular weight excluding hydrogens is 389 g/mol. The number of nitrogens with one attached hydrogen (secondary N) is 1. The Morgan fingerprint density at radius 2 is 1.77 bits per heavy atom. The molecule has 4 rings (SSSR count). The first-order valence-corrected chi connectivity index (χ1v) is 11.8. The van der Waals surface area contributed by atoms with Gasteiger partial charge in [-0.05, 0) is 49.6 Å². The fraction of sp³-hybridized carbons (Fsp3) is 0.520. The molecule has 0 amide bonds. The standard InChI is InChI=1S/C21H26FN5.2C2H6/c1-2-16-5-6-20(22)18(14-16)19-15-24-27-11-7-17(25-21(19)27)4-3-10-26-12-8-23-9-13-26;2*1-2/h5-7,11,14-15,23H,2-4,8-10,12-13H2,1H3;2*1-2H3. The summed E-state index contributed by atoms with van der Waals surface area (Å²) in [6, 6.07) is 7.29. The van der Waals surface area contributed by atoms with E-state index in [0.717, 1.165) is 74.5 Å². The summed E-state index contributed by atoms with van der Waals surface area (Å²) in [4.78, 5) is 7.28. The van der Waals surface area contributed by atoms with Crippen molar-refractivity contribution < 1.29 is 4.39 Å². The lowest BCUT2D eigenvalue weighted by atomic mass is 10.0. The number of hydrogen-bond acceptors (Lipinski definition) is 4. The van der Waals surface area contributed by atoms with Crippen molar-refractivity contribution in [3.63, 3.8) is 0 Å². The first-order valence-electron chi connectivity index (χ1n) is 11.8. The van der Waals surface area contributed by atoms with E-state index in [1.54, 1.807) is 10.7 Å². The van der Waals surface area contributed by atoms with Gasteiger partial charge in [0.1, 0.15) is 5.82 Å². The van der Waals surface area contributed by atoms with E-state index in [2.05, 4.69) is 22.2 Å². The van der Waals surface area contributed by atoms with Crippen LogP contribution in [0.1, 0.15) is 52.3 Å². The Morgan fingerprint density at radius 3 is 2.48 bits per heavy atom. The van der Waals surface area contributed by atoms with Gasteiger partial charge in [-0.3, -0.25) is 0 Å². The highest BCUT2D eigenvalue weighted by Crippen LogP contribution is 2.27. The fourth-order valence-corrected chi connectivity index (χ4v) is 3.65. The van der Waals surface area contributed by atoms with Crippen molar-refractivity contribution in [1.29, 1.82) is 0 Å². The molecule has 0 radical (unpaired) electrons. The average Bonchev–Trinajstić information content (AvgIpc) is 3.26. The Kier molecular flexibility index (Phi) is 10.6. The van der Waals surface area contributed by atoms with Crippen LogP contribution < -0.4 is 5.32 Å². The molecule has 2 aromatic heterocycles. The van der Waals surface area contributed by atoms with Crippen LogP contribution in [0, 0.1) is 5.82 Å². The number of fused-ring (bicyclic) bond motifs is 1. The molecule has 0 unspecified atom stereocenters. The van der Waals surface area contributed by atoms with Crippen molar-refractivity contribution in [2.75, 3.05) is 32.7 Å². The van der Waals surface area contributed by atoms with Crippen LogP contribution in [-0.2, 0) is 12.8 Å². The molecule has 0 saturated carbocycles. The van der Waals surface area contributed by atoms with Crippen LogP contribution in [0.5, 0.6) is 0 Å². The highest BCUT2D eigenvalue weighted by Gasteiger charge is 2.14. The monoisotopic (exact) mass is 427 g/mol. The van der Waals surface area contributed by atoms with Gasteiger partial charge in [0.15, 0.2) is 5.65 Å². The zero-order chi connectivity index (χ0) is 22.6. The molecule has 31 heavy (non-hydrogen) atoms. The molecule has 0 aliphatic carbocycles. The molecule has 3 heterocycles. The van der Waals surface area contributed by atoms with Crippen molar-refractivity contribution in [2.24, 2.45) is 0 Å². The van der Waals surface area contributed by atoms with Crippen molar-refractivity contribution >= 4 is 5.65 Å². The van der Waals surface area contributed by atoms with E-state index in [4.69, 9.17) is 4.98 Å². The highest BCUT2D eigenvalue weighted by molar-refractivity contribution is 5.77. The number of halogens is 1. The summed E-state index contributed by atoms with van der Waals surface area (Å²) < 4.78 is 16.2. The van der Waals surface area contributed by atoms with Gasteiger partial charge in [0.05, 0.1) is 6.20 Å². The number of benzene rings is 1. The predicted octanol–water partition coefficient (Wildman–Crippen LogP) is 4.99. The van der Waals surface area contributed by atoms with Crippen LogP contribution in [0.2, 0.25) is 0 Å². The van der Waals surface area contributed by atoms with Crippen molar-refractivity contribution in [3.8, 4) is 11.1 Å². The molecule has 5 nitrogen and oxygen atoms in total. The molecule has 1 fully saturated rings. The molecule has 6 heteroatoms. The van der Waals surface area contributed by atoms with E-state index in [1.165, 1.54) is 6.07 Å². The van der Waals surface area contributed by atoms with Crippen LogP contribution in [0.15, 0.2) is 36.7 Å². The molecule has 170 valence electrons. The highest BCUT2D eigenvalue weighted by atomic mass is 19.1. The summed E-state index contributed by atoms with van der Waals surface area (Å²) in [5.74, 6) is -0.229. The minimum Gasteiger partial charge on any atom is -0.314 e. The van der Waals surface area contributed by atoms with Gasteiger partial charge in [-0.25, -0.2) is 13.9 Å². The van der Waals surface area contributed by atoms with E-state index in [9.17, 15) is 4.39 Å². The molecular formula is C25H38FN5. The normalized spacial score (nSPS) is 13.9. The fourth-order valence-electron chi connectivity index (χ4n) is 3.65. The maximum atomic E-state index is 14.4. The number of aromatic nitrogens is 3. The van der Waals surface area contributed by atoms with Crippen LogP contribution in [0.3, 0.4) is 0 Å².